The normalized spacial score (nSPS) is 15.8. The molecule has 3 aromatic rings. The summed E-state index contributed by atoms with van der Waals surface area (Å²) in [5.74, 6) is -0.0788. The van der Waals surface area contributed by atoms with E-state index in [1.165, 1.54) is 38.9 Å². The van der Waals surface area contributed by atoms with Crippen LogP contribution in [0.15, 0.2) is 36.4 Å². The van der Waals surface area contributed by atoms with Gasteiger partial charge in [-0.3, -0.25) is 4.79 Å². The molecular formula is C22H20FNO2S. The zero-order valence-electron chi connectivity index (χ0n) is 15.0. The van der Waals surface area contributed by atoms with Crippen molar-refractivity contribution in [2.45, 2.75) is 19.3 Å². The Balaban J connectivity index is 1.42. The number of thiophene rings is 1. The summed E-state index contributed by atoms with van der Waals surface area (Å²) in [4.78, 5) is 15.5. The van der Waals surface area contributed by atoms with Crippen molar-refractivity contribution in [3.63, 3.8) is 0 Å². The maximum atomic E-state index is 13.1. The molecule has 138 valence electrons. The Hall–Kier alpha value is -2.24. The van der Waals surface area contributed by atoms with Crippen LogP contribution in [-0.4, -0.2) is 37.1 Å². The van der Waals surface area contributed by atoms with Gasteiger partial charge in [0.15, 0.2) is 0 Å². The minimum absolute atomic E-state index is 0.118. The van der Waals surface area contributed by atoms with Crippen molar-refractivity contribution in [2.75, 3.05) is 26.3 Å². The van der Waals surface area contributed by atoms with Gasteiger partial charge in [0.2, 0.25) is 0 Å². The van der Waals surface area contributed by atoms with E-state index in [-0.39, 0.29) is 11.7 Å². The van der Waals surface area contributed by atoms with Gasteiger partial charge in [-0.15, -0.1) is 11.3 Å². The molecule has 27 heavy (non-hydrogen) atoms. The fraction of sp³-hybridized carbons (Fsp3) is 0.318. The summed E-state index contributed by atoms with van der Waals surface area (Å²) in [6.07, 6.45) is 2.87. The molecule has 0 N–H and O–H groups in total. The summed E-state index contributed by atoms with van der Waals surface area (Å²) < 4.78 is 19.7. The summed E-state index contributed by atoms with van der Waals surface area (Å²) in [5, 5.41) is 1.22. The van der Waals surface area contributed by atoms with Gasteiger partial charge in [0.25, 0.3) is 5.91 Å². The molecule has 1 saturated heterocycles. The summed E-state index contributed by atoms with van der Waals surface area (Å²) in [7, 11) is 0. The number of hydrogen-bond acceptors (Lipinski definition) is 3. The molecule has 0 bridgehead atoms. The van der Waals surface area contributed by atoms with E-state index in [1.807, 2.05) is 17.0 Å². The zero-order chi connectivity index (χ0) is 18.4. The lowest BCUT2D eigenvalue weighted by Gasteiger charge is -2.26. The quantitative estimate of drug-likeness (QED) is 0.530. The first-order valence-corrected chi connectivity index (χ1v) is 10.2. The summed E-state index contributed by atoms with van der Waals surface area (Å²) in [5.41, 5.74) is 5.35. The Morgan fingerprint density at radius 2 is 1.89 bits per heavy atom. The van der Waals surface area contributed by atoms with E-state index < -0.39 is 0 Å². The highest BCUT2D eigenvalue weighted by molar-refractivity contribution is 7.20. The molecule has 1 aliphatic heterocycles. The molecule has 0 spiro atoms. The van der Waals surface area contributed by atoms with Gasteiger partial charge in [-0.2, -0.15) is 0 Å². The zero-order valence-corrected chi connectivity index (χ0v) is 15.8. The van der Waals surface area contributed by atoms with Crippen LogP contribution in [0.5, 0.6) is 0 Å². The number of rotatable bonds is 4. The number of carbonyl (C=O) groups excluding carboxylic acids is 1. The van der Waals surface area contributed by atoms with E-state index in [1.54, 1.807) is 11.3 Å². The highest BCUT2D eigenvalue weighted by Crippen LogP contribution is 2.41. The van der Waals surface area contributed by atoms with Crippen molar-refractivity contribution in [3.8, 4) is 0 Å². The molecule has 5 heteroatoms. The Labute approximate surface area is 161 Å². The molecule has 1 aromatic heterocycles. The molecule has 0 radical (unpaired) electrons. The molecule has 1 fully saturated rings. The lowest BCUT2D eigenvalue weighted by atomic mass is 10.0. The fourth-order valence-electron chi connectivity index (χ4n) is 3.89. The molecule has 2 heterocycles. The average molecular weight is 381 g/mol. The van der Waals surface area contributed by atoms with Crippen LogP contribution in [-0.2, 0) is 24.0 Å². The molecule has 3 nitrogen and oxygen atoms in total. The minimum Gasteiger partial charge on any atom is -0.378 e. The van der Waals surface area contributed by atoms with Gasteiger partial charge in [-0.25, -0.2) is 4.39 Å². The van der Waals surface area contributed by atoms with Crippen LogP contribution in [0.2, 0.25) is 0 Å². The number of fused-ring (bicyclic) bond motifs is 2. The molecule has 1 aliphatic carbocycles. The molecule has 1 amide bonds. The average Bonchev–Trinajstić information content (AvgIpc) is 3.35. The number of morpholine rings is 1. The highest BCUT2D eigenvalue weighted by Gasteiger charge is 2.27. The van der Waals surface area contributed by atoms with Crippen LogP contribution in [0.25, 0.3) is 10.1 Å². The first kappa shape index (κ1) is 16.9. The van der Waals surface area contributed by atoms with Crippen molar-refractivity contribution >= 4 is 27.3 Å². The number of halogens is 1. The minimum atomic E-state index is -0.197. The summed E-state index contributed by atoms with van der Waals surface area (Å²) >= 11 is 1.60. The largest absolute Gasteiger partial charge is 0.378 e. The SMILES string of the molecule is O=C(c1cc2c(CCc3ccc(F)cc3)c3c(cc2s1)C3)N1CCOCC1. The second-order valence-electron chi connectivity index (χ2n) is 7.22. The van der Waals surface area contributed by atoms with Gasteiger partial charge < -0.3 is 9.64 Å². The first-order valence-electron chi connectivity index (χ1n) is 9.38. The van der Waals surface area contributed by atoms with Crippen molar-refractivity contribution in [2.24, 2.45) is 0 Å². The Morgan fingerprint density at radius 1 is 1.11 bits per heavy atom. The maximum absolute atomic E-state index is 13.1. The van der Waals surface area contributed by atoms with Crippen LogP contribution in [0.3, 0.4) is 0 Å². The van der Waals surface area contributed by atoms with Crippen LogP contribution in [0.4, 0.5) is 4.39 Å². The predicted molar refractivity (Wildman–Crippen MR) is 105 cm³/mol. The van der Waals surface area contributed by atoms with Crippen molar-refractivity contribution in [3.05, 3.63) is 69.3 Å². The van der Waals surface area contributed by atoms with Crippen LogP contribution in [0, 0.1) is 5.82 Å². The monoisotopic (exact) mass is 381 g/mol. The lowest BCUT2D eigenvalue weighted by molar-refractivity contribution is 0.0306. The van der Waals surface area contributed by atoms with E-state index in [9.17, 15) is 9.18 Å². The van der Waals surface area contributed by atoms with Gasteiger partial charge in [-0.05, 0) is 71.2 Å². The number of ether oxygens (including phenoxy) is 1. The molecule has 0 unspecified atom stereocenters. The fourth-order valence-corrected chi connectivity index (χ4v) is 5.01. The number of carbonyl (C=O) groups is 1. The highest BCUT2D eigenvalue weighted by atomic mass is 32.1. The Kier molecular flexibility index (Phi) is 4.21. The predicted octanol–water partition coefficient (Wildman–Crippen LogP) is 4.20. The van der Waals surface area contributed by atoms with Crippen LogP contribution >= 0.6 is 11.3 Å². The van der Waals surface area contributed by atoms with Crippen molar-refractivity contribution in [1.29, 1.82) is 0 Å². The van der Waals surface area contributed by atoms with Crippen LogP contribution in [0.1, 0.15) is 31.9 Å². The number of nitrogens with zero attached hydrogens (tertiary/aromatic N) is 1. The lowest BCUT2D eigenvalue weighted by Crippen LogP contribution is -2.40. The van der Waals surface area contributed by atoms with Gasteiger partial charge in [-0.1, -0.05) is 12.1 Å². The third kappa shape index (κ3) is 3.26. The number of aryl methyl sites for hydroxylation is 2. The van der Waals surface area contributed by atoms with E-state index in [2.05, 4.69) is 12.1 Å². The Bertz CT molecular complexity index is 1020. The Morgan fingerprint density at radius 3 is 2.67 bits per heavy atom. The molecule has 0 saturated carbocycles. The van der Waals surface area contributed by atoms with E-state index in [0.717, 1.165) is 29.7 Å². The number of amides is 1. The first-order chi connectivity index (χ1) is 13.2. The molecular weight excluding hydrogens is 361 g/mol. The van der Waals surface area contributed by atoms with E-state index in [4.69, 9.17) is 4.74 Å². The number of hydrogen-bond donors (Lipinski definition) is 0. The maximum Gasteiger partial charge on any atom is 0.264 e. The second-order valence-corrected chi connectivity index (χ2v) is 8.31. The second kappa shape index (κ2) is 6.73. The topological polar surface area (TPSA) is 29.5 Å². The summed E-state index contributed by atoms with van der Waals surface area (Å²) in [6.45, 7) is 2.57. The standard InChI is InChI=1S/C22H20FNO2S/c23-16-4-1-14(2-5-16)3-6-17-18-11-15(18)12-20-19(17)13-21(27-20)22(25)24-7-9-26-10-8-24/h1-2,4-5,12-13H,3,6-11H2. The van der Waals surface area contributed by atoms with E-state index in [0.29, 0.717) is 26.3 Å². The van der Waals surface area contributed by atoms with Gasteiger partial charge in [0.05, 0.1) is 18.1 Å². The summed E-state index contributed by atoms with van der Waals surface area (Å²) in [6, 6.07) is 11.1. The van der Waals surface area contributed by atoms with Gasteiger partial charge in [0, 0.05) is 17.8 Å². The van der Waals surface area contributed by atoms with E-state index >= 15 is 0 Å². The molecule has 2 aromatic carbocycles. The van der Waals surface area contributed by atoms with Gasteiger partial charge in [0.1, 0.15) is 5.82 Å². The molecule has 0 atom stereocenters. The van der Waals surface area contributed by atoms with Crippen LogP contribution < -0.4 is 0 Å². The van der Waals surface area contributed by atoms with Crippen molar-refractivity contribution < 1.29 is 13.9 Å². The van der Waals surface area contributed by atoms with Gasteiger partial charge >= 0.3 is 0 Å². The van der Waals surface area contributed by atoms with Crippen molar-refractivity contribution in [1.82, 2.24) is 4.90 Å². The smallest absolute Gasteiger partial charge is 0.264 e. The molecule has 2 aliphatic rings. The molecule has 5 rings (SSSR count). The number of benzene rings is 2. The third-order valence-corrected chi connectivity index (χ3v) is 6.54. The third-order valence-electron chi connectivity index (χ3n) is 5.47.